The molecule has 0 aliphatic carbocycles. The first kappa shape index (κ1) is 19.9. The van der Waals surface area contributed by atoms with E-state index in [-0.39, 0.29) is 23.9 Å². The SMILES string of the molecule is COc1ccc(N2CCN(C(=O)COC(=O)Cn3c(C)csc3=O)CC2)cc1. The Labute approximate surface area is 166 Å². The van der Waals surface area contributed by atoms with Gasteiger partial charge in [0.1, 0.15) is 12.3 Å². The summed E-state index contributed by atoms with van der Waals surface area (Å²) in [6.07, 6.45) is 0. The zero-order valence-electron chi connectivity index (χ0n) is 15.9. The van der Waals surface area contributed by atoms with Crippen LogP contribution in [0.25, 0.3) is 0 Å². The highest BCUT2D eigenvalue weighted by atomic mass is 32.1. The molecule has 2 aromatic rings. The first-order chi connectivity index (χ1) is 13.5. The van der Waals surface area contributed by atoms with Gasteiger partial charge in [0.25, 0.3) is 5.91 Å². The van der Waals surface area contributed by atoms with Crippen LogP contribution in [0.2, 0.25) is 0 Å². The highest BCUT2D eigenvalue weighted by Crippen LogP contribution is 2.20. The second-order valence-corrected chi connectivity index (χ2v) is 7.28. The Balaban J connectivity index is 1.44. The number of amides is 1. The van der Waals surface area contributed by atoms with Gasteiger partial charge in [-0.3, -0.25) is 19.0 Å². The van der Waals surface area contributed by atoms with Crippen LogP contribution in [0, 0.1) is 6.92 Å². The molecule has 0 N–H and O–H groups in total. The van der Waals surface area contributed by atoms with Gasteiger partial charge in [-0.25, -0.2) is 0 Å². The summed E-state index contributed by atoms with van der Waals surface area (Å²) in [6, 6.07) is 7.80. The number of carbonyl (C=O) groups excluding carboxylic acids is 2. The van der Waals surface area contributed by atoms with E-state index in [1.807, 2.05) is 24.3 Å². The van der Waals surface area contributed by atoms with Crippen LogP contribution in [0.4, 0.5) is 5.69 Å². The maximum atomic E-state index is 12.3. The summed E-state index contributed by atoms with van der Waals surface area (Å²) in [5, 5.41) is 1.68. The number of thiazole rings is 1. The lowest BCUT2D eigenvalue weighted by molar-refractivity contribution is -0.152. The van der Waals surface area contributed by atoms with Gasteiger partial charge in [0.2, 0.25) is 0 Å². The van der Waals surface area contributed by atoms with Crippen molar-refractivity contribution in [1.29, 1.82) is 0 Å². The minimum Gasteiger partial charge on any atom is -0.497 e. The molecule has 150 valence electrons. The Bertz CT molecular complexity index is 882. The van der Waals surface area contributed by atoms with E-state index in [2.05, 4.69) is 4.90 Å². The zero-order chi connectivity index (χ0) is 20.1. The number of methoxy groups -OCH3 is 1. The van der Waals surface area contributed by atoms with Crippen molar-refractivity contribution in [2.24, 2.45) is 0 Å². The molecule has 0 radical (unpaired) electrons. The molecule has 1 fully saturated rings. The normalized spacial score (nSPS) is 14.1. The summed E-state index contributed by atoms with van der Waals surface area (Å²) in [6.45, 7) is 3.80. The molecule has 1 aliphatic rings. The van der Waals surface area contributed by atoms with Gasteiger partial charge in [0.05, 0.1) is 7.11 Å². The van der Waals surface area contributed by atoms with E-state index in [0.29, 0.717) is 31.9 Å². The lowest BCUT2D eigenvalue weighted by Gasteiger charge is -2.36. The highest BCUT2D eigenvalue weighted by molar-refractivity contribution is 7.07. The number of nitrogens with zero attached hydrogens (tertiary/aromatic N) is 3. The Morgan fingerprint density at radius 2 is 1.79 bits per heavy atom. The largest absolute Gasteiger partial charge is 0.497 e. The molecule has 1 saturated heterocycles. The number of aromatic nitrogens is 1. The Hall–Kier alpha value is -2.81. The van der Waals surface area contributed by atoms with E-state index in [1.165, 1.54) is 4.57 Å². The number of rotatable bonds is 6. The smallest absolute Gasteiger partial charge is 0.326 e. The third-order valence-corrected chi connectivity index (χ3v) is 5.57. The predicted molar refractivity (Wildman–Crippen MR) is 106 cm³/mol. The van der Waals surface area contributed by atoms with Crippen LogP contribution in [0.3, 0.4) is 0 Å². The molecule has 9 heteroatoms. The van der Waals surface area contributed by atoms with Crippen LogP contribution < -0.4 is 14.5 Å². The van der Waals surface area contributed by atoms with Gasteiger partial charge in [-0.1, -0.05) is 11.3 Å². The maximum Gasteiger partial charge on any atom is 0.326 e. The van der Waals surface area contributed by atoms with Crippen LogP contribution in [0.15, 0.2) is 34.4 Å². The number of hydrogen-bond donors (Lipinski definition) is 0. The van der Waals surface area contributed by atoms with E-state index < -0.39 is 5.97 Å². The van der Waals surface area contributed by atoms with Crippen molar-refractivity contribution in [2.45, 2.75) is 13.5 Å². The van der Waals surface area contributed by atoms with Crippen molar-refractivity contribution < 1.29 is 19.1 Å². The topological polar surface area (TPSA) is 81.1 Å². The predicted octanol–water partition coefficient (Wildman–Crippen LogP) is 1.12. The lowest BCUT2D eigenvalue weighted by Crippen LogP contribution is -2.50. The molecule has 0 bridgehead atoms. The summed E-state index contributed by atoms with van der Waals surface area (Å²) >= 11 is 1.03. The second-order valence-electron chi connectivity index (χ2n) is 6.46. The van der Waals surface area contributed by atoms with Gasteiger partial charge in [0, 0.05) is 42.9 Å². The number of hydrogen-bond acceptors (Lipinski definition) is 7. The fourth-order valence-electron chi connectivity index (χ4n) is 3.01. The Morgan fingerprint density at radius 1 is 1.11 bits per heavy atom. The second kappa shape index (κ2) is 8.92. The number of piperazine rings is 1. The van der Waals surface area contributed by atoms with Crippen LogP contribution >= 0.6 is 11.3 Å². The number of benzene rings is 1. The third-order valence-electron chi connectivity index (χ3n) is 4.69. The number of carbonyl (C=O) groups is 2. The number of aryl methyl sites for hydroxylation is 1. The van der Waals surface area contributed by atoms with Crippen LogP contribution in [0.1, 0.15) is 5.69 Å². The number of anilines is 1. The molecule has 3 rings (SSSR count). The fourth-order valence-corrected chi connectivity index (χ4v) is 3.75. The molecular weight excluding hydrogens is 382 g/mol. The van der Waals surface area contributed by atoms with Gasteiger partial charge in [-0.2, -0.15) is 0 Å². The maximum absolute atomic E-state index is 12.3. The molecule has 0 saturated carbocycles. The van der Waals surface area contributed by atoms with E-state index in [0.717, 1.165) is 22.8 Å². The minimum absolute atomic E-state index is 0.174. The Morgan fingerprint density at radius 3 is 2.36 bits per heavy atom. The lowest BCUT2D eigenvalue weighted by atomic mass is 10.2. The molecule has 0 spiro atoms. The molecule has 1 aromatic carbocycles. The summed E-state index contributed by atoms with van der Waals surface area (Å²) in [5.41, 5.74) is 1.78. The highest BCUT2D eigenvalue weighted by Gasteiger charge is 2.22. The van der Waals surface area contributed by atoms with Gasteiger partial charge in [-0.05, 0) is 31.2 Å². The van der Waals surface area contributed by atoms with E-state index in [4.69, 9.17) is 9.47 Å². The standard InChI is InChI=1S/C19H23N3O5S/c1-14-13-28-19(25)22(14)11-18(24)27-12-17(23)21-9-7-20(8-10-21)15-3-5-16(26-2)6-4-15/h3-6,13H,7-12H2,1-2H3. The van der Waals surface area contributed by atoms with E-state index >= 15 is 0 Å². The third kappa shape index (κ3) is 4.72. The number of esters is 1. The van der Waals surface area contributed by atoms with Gasteiger partial charge in [0.15, 0.2) is 6.61 Å². The molecular formula is C19H23N3O5S. The minimum atomic E-state index is -0.589. The van der Waals surface area contributed by atoms with Gasteiger partial charge < -0.3 is 19.3 Å². The molecule has 1 aromatic heterocycles. The summed E-state index contributed by atoms with van der Waals surface area (Å²) in [5.74, 6) is -0.00905. The van der Waals surface area contributed by atoms with Crippen molar-refractivity contribution in [3.63, 3.8) is 0 Å². The van der Waals surface area contributed by atoms with E-state index in [9.17, 15) is 14.4 Å². The van der Waals surface area contributed by atoms with Gasteiger partial charge >= 0.3 is 10.8 Å². The average molecular weight is 405 g/mol. The Kier molecular flexibility index (Phi) is 6.35. The van der Waals surface area contributed by atoms with Crippen molar-refractivity contribution in [3.8, 4) is 5.75 Å². The van der Waals surface area contributed by atoms with Gasteiger partial charge in [-0.15, -0.1) is 0 Å². The summed E-state index contributed by atoms with van der Waals surface area (Å²) < 4.78 is 11.6. The summed E-state index contributed by atoms with van der Waals surface area (Å²) in [7, 11) is 1.63. The van der Waals surface area contributed by atoms with Crippen molar-refractivity contribution in [1.82, 2.24) is 9.47 Å². The van der Waals surface area contributed by atoms with Crippen LogP contribution in [-0.4, -0.2) is 61.2 Å². The molecule has 0 unspecified atom stereocenters. The van der Waals surface area contributed by atoms with E-state index in [1.54, 1.807) is 24.3 Å². The summed E-state index contributed by atoms with van der Waals surface area (Å²) in [4.78, 5) is 39.5. The molecule has 0 atom stereocenters. The first-order valence-electron chi connectivity index (χ1n) is 8.95. The number of ether oxygens (including phenoxy) is 2. The quantitative estimate of drug-likeness (QED) is 0.670. The zero-order valence-corrected chi connectivity index (χ0v) is 16.7. The van der Waals surface area contributed by atoms with Crippen LogP contribution in [0.5, 0.6) is 5.75 Å². The van der Waals surface area contributed by atoms with Crippen molar-refractivity contribution in [2.75, 3.05) is 44.8 Å². The molecule has 2 heterocycles. The van der Waals surface area contributed by atoms with Crippen LogP contribution in [-0.2, 0) is 20.9 Å². The monoisotopic (exact) mass is 405 g/mol. The molecule has 1 aliphatic heterocycles. The molecule has 1 amide bonds. The first-order valence-corrected chi connectivity index (χ1v) is 9.83. The molecule has 28 heavy (non-hydrogen) atoms. The molecule has 8 nitrogen and oxygen atoms in total. The average Bonchev–Trinajstić information content (AvgIpc) is 3.04. The fraction of sp³-hybridized carbons (Fsp3) is 0.421. The van der Waals surface area contributed by atoms with Crippen molar-refractivity contribution in [3.05, 3.63) is 45.0 Å². The van der Waals surface area contributed by atoms with Crippen molar-refractivity contribution >= 4 is 28.9 Å².